The van der Waals surface area contributed by atoms with E-state index in [1.807, 2.05) is 36.4 Å². The highest BCUT2D eigenvalue weighted by Gasteiger charge is 2.13. The maximum Gasteiger partial charge on any atom is 0.151 e. The van der Waals surface area contributed by atoms with Gasteiger partial charge in [-0.05, 0) is 37.1 Å². The number of nitrogens with zero attached hydrogens (tertiary/aromatic N) is 3. The lowest BCUT2D eigenvalue weighted by Gasteiger charge is -2.15. The minimum Gasteiger partial charge on any atom is -0.399 e. The Balaban J connectivity index is 1.86. The smallest absolute Gasteiger partial charge is 0.151 e. The molecule has 0 spiro atoms. The Morgan fingerprint density at radius 2 is 1.83 bits per heavy atom. The van der Waals surface area contributed by atoms with Crippen molar-refractivity contribution in [2.75, 3.05) is 23.7 Å². The highest BCUT2D eigenvalue weighted by Crippen LogP contribution is 2.22. The lowest BCUT2D eigenvalue weighted by atomic mass is 10.1. The van der Waals surface area contributed by atoms with Crippen LogP contribution in [0.4, 0.5) is 11.5 Å². The summed E-state index contributed by atoms with van der Waals surface area (Å²) in [5.74, 6) is 0.972. The van der Waals surface area contributed by atoms with Crippen LogP contribution in [0.1, 0.15) is 12.8 Å². The van der Waals surface area contributed by atoms with Crippen LogP contribution in [-0.4, -0.2) is 23.3 Å². The molecular weight excluding hydrogens is 224 g/mol. The highest BCUT2D eigenvalue weighted by atomic mass is 15.3. The first-order chi connectivity index (χ1) is 8.83. The van der Waals surface area contributed by atoms with Gasteiger partial charge in [0.2, 0.25) is 0 Å². The molecule has 2 N–H and O–H groups in total. The summed E-state index contributed by atoms with van der Waals surface area (Å²) < 4.78 is 0. The molecule has 4 nitrogen and oxygen atoms in total. The van der Waals surface area contributed by atoms with Crippen molar-refractivity contribution in [2.24, 2.45) is 0 Å². The van der Waals surface area contributed by atoms with Gasteiger partial charge >= 0.3 is 0 Å². The summed E-state index contributed by atoms with van der Waals surface area (Å²) in [6.07, 6.45) is 2.50. The van der Waals surface area contributed by atoms with Crippen molar-refractivity contribution in [2.45, 2.75) is 12.8 Å². The Bertz CT molecular complexity index is 530. The van der Waals surface area contributed by atoms with Gasteiger partial charge in [0.1, 0.15) is 0 Å². The maximum atomic E-state index is 5.77. The van der Waals surface area contributed by atoms with E-state index < -0.39 is 0 Å². The van der Waals surface area contributed by atoms with Crippen LogP contribution in [0.25, 0.3) is 11.3 Å². The summed E-state index contributed by atoms with van der Waals surface area (Å²) in [7, 11) is 0. The van der Waals surface area contributed by atoms with Crippen LogP contribution in [0.3, 0.4) is 0 Å². The number of hydrogen-bond acceptors (Lipinski definition) is 4. The van der Waals surface area contributed by atoms with Gasteiger partial charge in [-0.3, -0.25) is 0 Å². The van der Waals surface area contributed by atoms with E-state index in [1.54, 1.807) is 0 Å². The fourth-order valence-corrected chi connectivity index (χ4v) is 2.29. The predicted molar refractivity (Wildman–Crippen MR) is 73.3 cm³/mol. The predicted octanol–water partition coefficient (Wildman–Crippen LogP) is 2.33. The lowest BCUT2D eigenvalue weighted by molar-refractivity contribution is 0.896. The first-order valence-corrected chi connectivity index (χ1v) is 6.27. The van der Waals surface area contributed by atoms with Crippen molar-refractivity contribution < 1.29 is 0 Å². The summed E-state index contributed by atoms with van der Waals surface area (Å²) in [6.45, 7) is 2.18. The molecule has 0 saturated carbocycles. The van der Waals surface area contributed by atoms with Crippen molar-refractivity contribution in [3.05, 3.63) is 36.4 Å². The second-order valence-corrected chi connectivity index (χ2v) is 4.60. The number of benzene rings is 1. The Labute approximate surface area is 106 Å². The monoisotopic (exact) mass is 240 g/mol. The summed E-state index contributed by atoms with van der Waals surface area (Å²) in [5, 5.41) is 8.59. The van der Waals surface area contributed by atoms with E-state index in [-0.39, 0.29) is 0 Å². The molecule has 0 radical (unpaired) electrons. The third kappa shape index (κ3) is 2.14. The maximum absolute atomic E-state index is 5.77. The molecule has 18 heavy (non-hydrogen) atoms. The van der Waals surface area contributed by atoms with Crippen LogP contribution in [-0.2, 0) is 0 Å². The minimum atomic E-state index is 0.748. The van der Waals surface area contributed by atoms with Gasteiger partial charge in [-0.2, -0.15) is 0 Å². The van der Waals surface area contributed by atoms with E-state index in [0.29, 0.717) is 0 Å². The van der Waals surface area contributed by atoms with Crippen molar-refractivity contribution >= 4 is 11.5 Å². The van der Waals surface area contributed by atoms with Crippen LogP contribution in [0.15, 0.2) is 36.4 Å². The second kappa shape index (κ2) is 4.64. The SMILES string of the molecule is Nc1cccc(-c2ccc(N3CCCC3)nn2)c1. The number of aromatic nitrogens is 2. The Kier molecular flexibility index (Phi) is 2.84. The van der Waals surface area contributed by atoms with Gasteiger partial charge in [0, 0.05) is 24.3 Å². The molecule has 0 bridgehead atoms. The zero-order valence-corrected chi connectivity index (χ0v) is 10.2. The summed E-state index contributed by atoms with van der Waals surface area (Å²) >= 11 is 0. The molecule has 1 saturated heterocycles. The van der Waals surface area contributed by atoms with Gasteiger partial charge in [0.25, 0.3) is 0 Å². The van der Waals surface area contributed by atoms with E-state index in [2.05, 4.69) is 15.1 Å². The first-order valence-electron chi connectivity index (χ1n) is 6.27. The Morgan fingerprint density at radius 3 is 2.50 bits per heavy atom. The number of nitrogen functional groups attached to an aromatic ring is 1. The molecule has 0 aliphatic carbocycles. The fraction of sp³-hybridized carbons (Fsp3) is 0.286. The number of hydrogen-bond donors (Lipinski definition) is 1. The first kappa shape index (κ1) is 11.0. The Morgan fingerprint density at radius 1 is 1.00 bits per heavy atom. The normalized spacial score (nSPS) is 15.0. The standard InChI is InChI=1S/C14H16N4/c15-12-5-3-4-11(10-12)13-6-7-14(17-16-13)18-8-1-2-9-18/h3-7,10H,1-2,8-9,15H2. The van der Waals surface area contributed by atoms with Crippen molar-refractivity contribution in [1.29, 1.82) is 0 Å². The van der Waals surface area contributed by atoms with Gasteiger partial charge < -0.3 is 10.6 Å². The average Bonchev–Trinajstić information content (AvgIpc) is 2.93. The van der Waals surface area contributed by atoms with Gasteiger partial charge in [0.15, 0.2) is 5.82 Å². The van der Waals surface area contributed by atoms with E-state index in [1.165, 1.54) is 12.8 Å². The molecular formula is C14H16N4. The molecule has 1 aromatic heterocycles. The quantitative estimate of drug-likeness (QED) is 0.818. The van der Waals surface area contributed by atoms with Gasteiger partial charge in [-0.15, -0.1) is 10.2 Å². The van der Waals surface area contributed by atoms with Gasteiger partial charge in [0.05, 0.1) is 5.69 Å². The Hall–Kier alpha value is -2.10. The molecule has 0 atom stereocenters. The van der Waals surface area contributed by atoms with E-state index in [0.717, 1.165) is 35.9 Å². The van der Waals surface area contributed by atoms with E-state index in [4.69, 9.17) is 5.73 Å². The molecule has 92 valence electrons. The molecule has 0 amide bonds. The van der Waals surface area contributed by atoms with Crippen LogP contribution in [0, 0.1) is 0 Å². The van der Waals surface area contributed by atoms with Crippen LogP contribution in [0.5, 0.6) is 0 Å². The van der Waals surface area contributed by atoms with Crippen molar-refractivity contribution in [3.63, 3.8) is 0 Å². The molecule has 2 heterocycles. The minimum absolute atomic E-state index is 0.748. The highest BCUT2D eigenvalue weighted by molar-refractivity contribution is 5.64. The zero-order chi connectivity index (χ0) is 12.4. The van der Waals surface area contributed by atoms with Crippen LogP contribution >= 0.6 is 0 Å². The third-order valence-electron chi connectivity index (χ3n) is 3.26. The number of nitrogens with two attached hydrogens (primary N) is 1. The average molecular weight is 240 g/mol. The molecule has 1 aromatic carbocycles. The van der Waals surface area contributed by atoms with E-state index in [9.17, 15) is 0 Å². The van der Waals surface area contributed by atoms with Gasteiger partial charge in [-0.25, -0.2) is 0 Å². The molecule has 1 aliphatic rings. The van der Waals surface area contributed by atoms with Crippen molar-refractivity contribution in [1.82, 2.24) is 10.2 Å². The number of anilines is 2. The summed E-state index contributed by atoms with van der Waals surface area (Å²) in [5.41, 5.74) is 8.39. The molecule has 1 aliphatic heterocycles. The lowest BCUT2D eigenvalue weighted by Crippen LogP contribution is -2.19. The molecule has 2 aromatic rings. The van der Waals surface area contributed by atoms with Crippen molar-refractivity contribution in [3.8, 4) is 11.3 Å². The fourth-order valence-electron chi connectivity index (χ4n) is 2.29. The zero-order valence-electron chi connectivity index (χ0n) is 10.2. The van der Waals surface area contributed by atoms with Gasteiger partial charge in [-0.1, -0.05) is 12.1 Å². The second-order valence-electron chi connectivity index (χ2n) is 4.60. The molecule has 4 heteroatoms. The van der Waals surface area contributed by atoms with E-state index >= 15 is 0 Å². The molecule has 1 fully saturated rings. The number of rotatable bonds is 2. The summed E-state index contributed by atoms with van der Waals surface area (Å²) in [6, 6.07) is 11.8. The molecule has 3 rings (SSSR count). The topological polar surface area (TPSA) is 55.0 Å². The largest absolute Gasteiger partial charge is 0.399 e. The van der Waals surface area contributed by atoms with Crippen LogP contribution < -0.4 is 10.6 Å². The molecule has 0 unspecified atom stereocenters. The van der Waals surface area contributed by atoms with Crippen LogP contribution in [0.2, 0.25) is 0 Å². The third-order valence-corrected chi connectivity index (χ3v) is 3.26. The summed E-state index contributed by atoms with van der Waals surface area (Å²) in [4.78, 5) is 2.27.